The predicted molar refractivity (Wildman–Crippen MR) is 188 cm³/mol. The Bertz CT molecular complexity index is 1760. The molecule has 0 fully saturated rings. The predicted octanol–water partition coefficient (Wildman–Crippen LogP) is 9.23. The van der Waals surface area contributed by atoms with Gasteiger partial charge in [0.25, 0.3) is 0 Å². The van der Waals surface area contributed by atoms with Crippen LogP contribution < -0.4 is 5.46 Å². The fourth-order valence-corrected chi connectivity index (χ4v) is 5.34. The van der Waals surface area contributed by atoms with E-state index in [4.69, 9.17) is 9.64 Å². The summed E-state index contributed by atoms with van der Waals surface area (Å²) in [5.74, 6) is 0. The molecule has 0 aliphatic rings. The van der Waals surface area contributed by atoms with Crippen molar-refractivity contribution in [2.24, 2.45) is 0 Å². The van der Waals surface area contributed by atoms with Crippen molar-refractivity contribution in [3.8, 4) is 55.9 Å². The van der Waals surface area contributed by atoms with E-state index in [0.717, 1.165) is 61.4 Å². The van der Waals surface area contributed by atoms with E-state index in [1.54, 1.807) is 21.3 Å². The summed E-state index contributed by atoms with van der Waals surface area (Å²) in [6, 6.07) is 50.5. The van der Waals surface area contributed by atoms with Crippen LogP contribution in [0.2, 0.25) is 0 Å². The summed E-state index contributed by atoms with van der Waals surface area (Å²) in [6.45, 7) is 7.31. The lowest BCUT2D eigenvalue weighted by Gasteiger charge is -2.37. The third-order valence-electron chi connectivity index (χ3n) is 8.58. The molecule has 1 radical (unpaired) electrons. The maximum Gasteiger partial charge on any atom is 0.330 e. The number of benzene rings is 5. The molecular formula is C41H37BNO2. The summed E-state index contributed by atoms with van der Waals surface area (Å²) in [5.41, 5.74) is 9.68. The Labute approximate surface area is 267 Å². The normalized spacial score (nSPS) is 11.8. The first-order chi connectivity index (χ1) is 21.7. The van der Waals surface area contributed by atoms with Gasteiger partial charge in [-0.25, -0.2) is 4.98 Å². The van der Waals surface area contributed by atoms with Gasteiger partial charge in [-0.3, -0.25) is 0 Å². The van der Waals surface area contributed by atoms with Crippen LogP contribution in [0.15, 0.2) is 146 Å². The molecule has 0 aliphatic heterocycles. The minimum atomic E-state index is -1.00. The van der Waals surface area contributed by atoms with Crippen LogP contribution in [0.3, 0.4) is 0 Å². The SMILES string of the molecule is CC(C)(O)C(C)(C)O[B]c1ccc(-c2c(-c3ccccc3)c(-c3ccccc3)nc(-c3ccccc3)c2-c2ccccc2)cc1. The maximum atomic E-state index is 10.6. The van der Waals surface area contributed by atoms with Crippen molar-refractivity contribution in [3.05, 3.63) is 146 Å². The zero-order valence-corrected chi connectivity index (χ0v) is 26.2. The number of nitrogens with zero attached hydrogens (tertiary/aromatic N) is 1. The molecule has 45 heavy (non-hydrogen) atoms. The van der Waals surface area contributed by atoms with Gasteiger partial charge in [-0.05, 0) is 44.4 Å². The Hall–Kier alpha value is -4.77. The number of hydrogen-bond acceptors (Lipinski definition) is 3. The second kappa shape index (κ2) is 12.7. The van der Waals surface area contributed by atoms with Gasteiger partial charge in [0, 0.05) is 27.8 Å². The van der Waals surface area contributed by atoms with Crippen molar-refractivity contribution < 1.29 is 9.76 Å². The first-order valence-corrected chi connectivity index (χ1v) is 15.4. The van der Waals surface area contributed by atoms with Crippen LogP contribution in [0.25, 0.3) is 55.9 Å². The van der Waals surface area contributed by atoms with Crippen molar-refractivity contribution in [3.63, 3.8) is 0 Å². The minimum absolute atomic E-state index is 0.757. The second-order valence-corrected chi connectivity index (χ2v) is 12.3. The largest absolute Gasteiger partial charge is 0.427 e. The van der Waals surface area contributed by atoms with Crippen LogP contribution in [0.5, 0.6) is 0 Å². The number of aliphatic hydroxyl groups is 1. The van der Waals surface area contributed by atoms with Crippen LogP contribution >= 0.6 is 0 Å². The monoisotopic (exact) mass is 586 g/mol. The van der Waals surface area contributed by atoms with Gasteiger partial charge in [-0.15, -0.1) is 0 Å². The number of hydrogen-bond donors (Lipinski definition) is 1. The number of aromatic nitrogens is 1. The lowest BCUT2D eigenvalue weighted by molar-refractivity contribution is -0.0893. The summed E-state index contributed by atoms with van der Waals surface area (Å²) in [5, 5.41) is 10.6. The smallest absolute Gasteiger partial charge is 0.330 e. The minimum Gasteiger partial charge on any atom is -0.427 e. The molecule has 0 saturated carbocycles. The van der Waals surface area contributed by atoms with Crippen LogP contribution in [0.4, 0.5) is 0 Å². The molecule has 1 N–H and O–H groups in total. The third-order valence-corrected chi connectivity index (χ3v) is 8.58. The van der Waals surface area contributed by atoms with Crippen molar-refractivity contribution in [1.82, 2.24) is 4.98 Å². The highest BCUT2D eigenvalue weighted by Crippen LogP contribution is 2.48. The first kappa shape index (κ1) is 30.3. The Morgan fingerprint density at radius 3 is 1.20 bits per heavy atom. The van der Waals surface area contributed by atoms with Gasteiger partial charge in [0.1, 0.15) is 0 Å². The molecule has 0 bridgehead atoms. The van der Waals surface area contributed by atoms with E-state index >= 15 is 0 Å². The first-order valence-electron chi connectivity index (χ1n) is 15.4. The van der Waals surface area contributed by atoms with Crippen LogP contribution in [-0.2, 0) is 4.65 Å². The molecule has 3 nitrogen and oxygen atoms in total. The van der Waals surface area contributed by atoms with Gasteiger partial charge in [0.05, 0.1) is 22.6 Å². The topological polar surface area (TPSA) is 42.4 Å². The van der Waals surface area contributed by atoms with Crippen molar-refractivity contribution in [1.29, 1.82) is 0 Å². The standard InChI is InChI=1S/C41H37BNO2/c1-40(2,44)41(3,4)45-42-34-27-25-31(26-28-34)35-36(29-17-9-5-10-18-29)38(32-21-13-7-14-22-32)43-39(33-23-15-8-16-24-33)37(35)30-19-11-6-12-20-30/h5-28,44H,1-4H3. The Kier molecular flexibility index (Phi) is 8.53. The molecule has 5 aromatic carbocycles. The second-order valence-electron chi connectivity index (χ2n) is 12.3. The molecular weight excluding hydrogens is 549 g/mol. The zero-order valence-electron chi connectivity index (χ0n) is 26.2. The molecule has 6 aromatic rings. The van der Waals surface area contributed by atoms with Crippen molar-refractivity contribution in [2.75, 3.05) is 0 Å². The fraction of sp³-hybridized carbons (Fsp3) is 0.146. The highest BCUT2D eigenvalue weighted by molar-refractivity contribution is 6.47. The molecule has 0 atom stereocenters. The maximum absolute atomic E-state index is 10.6. The lowest BCUT2D eigenvalue weighted by Crippen LogP contribution is -2.49. The molecule has 0 aliphatic carbocycles. The summed E-state index contributed by atoms with van der Waals surface area (Å²) in [6.07, 6.45) is 0. The van der Waals surface area contributed by atoms with Gasteiger partial charge in [-0.2, -0.15) is 0 Å². The lowest BCUT2D eigenvalue weighted by atomic mass is 9.80. The van der Waals surface area contributed by atoms with E-state index in [9.17, 15) is 5.11 Å². The Morgan fingerprint density at radius 1 is 0.467 bits per heavy atom. The average Bonchev–Trinajstić information content (AvgIpc) is 3.08. The van der Waals surface area contributed by atoms with Crippen molar-refractivity contribution >= 4 is 12.9 Å². The van der Waals surface area contributed by atoms with Gasteiger partial charge >= 0.3 is 7.48 Å². The average molecular weight is 587 g/mol. The van der Waals surface area contributed by atoms with Gasteiger partial charge < -0.3 is 9.76 Å². The third kappa shape index (κ3) is 6.39. The van der Waals surface area contributed by atoms with E-state index < -0.39 is 11.2 Å². The van der Waals surface area contributed by atoms with Crippen molar-refractivity contribution in [2.45, 2.75) is 38.9 Å². The van der Waals surface area contributed by atoms with Crippen LogP contribution in [0, 0.1) is 0 Å². The van der Waals surface area contributed by atoms with E-state index in [2.05, 4.69) is 133 Å². The summed E-state index contributed by atoms with van der Waals surface area (Å²) < 4.78 is 6.08. The number of pyridine rings is 1. The zero-order chi connectivity index (χ0) is 31.4. The highest BCUT2D eigenvalue weighted by atomic mass is 16.5. The van der Waals surface area contributed by atoms with Crippen LogP contribution in [-0.4, -0.2) is 28.8 Å². The molecule has 0 amide bonds. The molecule has 0 saturated heterocycles. The van der Waals surface area contributed by atoms with Crippen LogP contribution in [0.1, 0.15) is 27.7 Å². The molecule has 6 rings (SSSR count). The fourth-order valence-electron chi connectivity index (χ4n) is 5.34. The molecule has 1 aromatic heterocycles. The Morgan fingerprint density at radius 2 is 0.822 bits per heavy atom. The molecule has 0 spiro atoms. The van der Waals surface area contributed by atoms with E-state index in [-0.39, 0.29) is 0 Å². The quantitative estimate of drug-likeness (QED) is 0.172. The van der Waals surface area contributed by atoms with Gasteiger partial charge in [-0.1, -0.05) is 151 Å². The highest BCUT2D eigenvalue weighted by Gasteiger charge is 2.35. The van der Waals surface area contributed by atoms with Gasteiger partial charge in [0.15, 0.2) is 0 Å². The van der Waals surface area contributed by atoms with E-state index in [1.807, 2.05) is 26.0 Å². The molecule has 221 valence electrons. The summed E-state index contributed by atoms with van der Waals surface area (Å²) >= 11 is 0. The summed E-state index contributed by atoms with van der Waals surface area (Å²) in [4.78, 5) is 5.50. The Balaban J connectivity index is 1.64. The summed E-state index contributed by atoms with van der Waals surface area (Å²) in [7, 11) is 1.73. The molecule has 1 heterocycles. The van der Waals surface area contributed by atoms with Gasteiger partial charge in [0.2, 0.25) is 0 Å². The van der Waals surface area contributed by atoms with E-state index in [1.165, 1.54) is 0 Å². The molecule has 4 heteroatoms. The van der Waals surface area contributed by atoms with E-state index in [0.29, 0.717) is 0 Å². The number of rotatable bonds is 9. The molecule has 0 unspecified atom stereocenters.